The highest BCUT2D eigenvalue weighted by atomic mass is 32.2. The highest BCUT2D eigenvalue weighted by Gasteiger charge is 2.33. The Morgan fingerprint density at radius 1 is 1.03 bits per heavy atom. The lowest BCUT2D eigenvalue weighted by Gasteiger charge is -2.31. The fraction of sp³-hybridized carbons (Fsp3) is 0.667. The second-order valence-electron chi connectivity index (χ2n) is 9.69. The minimum Gasteiger partial charge on any atom is -0.353 e. The van der Waals surface area contributed by atoms with Gasteiger partial charge >= 0.3 is 4.87 Å². The van der Waals surface area contributed by atoms with Crippen LogP contribution in [0.15, 0.2) is 27.9 Å². The molecule has 1 N–H and O–H groups in total. The van der Waals surface area contributed by atoms with Gasteiger partial charge in [0.15, 0.2) is 0 Å². The Morgan fingerprint density at radius 3 is 2.30 bits per heavy atom. The van der Waals surface area contributed by atoms with Crippen molar-refractivity contribution >= 4 is 37.5 Å². The number of benzene rings is 1. The number of thiazole rings is 1. The van der Waals surface area contributed by atoms with E-state index in [1.165, 1.54) is 36.4 Å². The molecule has 1 aromatic heterocycles. The molecule has 2 aliphatic rings. The van der Waals surface area contributed by atoms with Crippen LogP contribution in [0.5, 0.6) is 0 Å². The summed E-state index contributed by atoms with van der Waals surface area (Å²) in [6.45, 7) is 4.56. The van der Waals surface area contributed by atoms with Crippen molar-refractivity contribution in [3.8, 4) is 0 Å². The summed E-state index contributed by atoms with van der Waals surface area (Å²) in [4.78, 5) is 25.3. The third kappa shape index (κ3) is 5.35. The van der Waals surface area contributed by atoms with Crippen LogP contribution in [-0.4, -0.2) is 42.3 Å². The number of fused-ring (bicyclic) bond motifs is 1. The van der Waals surface area contributed by atoms with E-state index in [1.54, 1.807) is 22.8 Å². The summed E-state index contributed by atoms with van der Waals surface area (Å²) in [7, 11) is -3.67. The van der Waals surface area contributed by atoms with E-state index in [1.807, 2.05) is 13.8 Å². The summed E-state index contributed by atoms with van der Waals surface area (Å²) in [5, 5.41) is 3.24. The molecule has 1 saturated heterocycles. The number of rotatable bonds is 5. The number of carbonyl (C=O) groups excluding carboxylic acids is 1. The molecule has 2 heterocycles. The number of piperidine rings is 1. The Hall–Kier alpha value is -1.71. The molecule has 1 saturated carbocycles. The van der Waals surface area contributed by atoms with E-state index in [2.05, 4.69) is 5.32 Å². The van der Waals surface area contributed by atoms with Gasteiger partial charge in [-0.3, -0.25) is 14.2 Å². The first-order valence-corrected chi connectivity index (χ1v) is 14.5. The van der Waals surface area contributed by atoms with Crippen LogP contribution in [0.2, 0.25) is 0 Å². The zero-order valence-electron chi connectivity index (χ0n) is 19.6. The van der Waals surface area contributed by atoms with E-state index >= 15 is 0 Å². The average molecular weight is 494 g/mol. The average Bonchev–Trinajstić information content (AvgIpc) is 3.10. The summed E-state index contributed by atoms with van der Waals surface area (Å²) in [5.41, 5.74) is 0.767. The Labute approximate surface area is 200 Å². The van der Waals surface area contributed by atoms with Crippen molar-refractivity contribution in [1.29, 1.82) is 0 Å². The topological polar surface area (TPSA) is 88.5 Å². The second-order valence-corrected chi connectivity index (χ2v) is 12.6. The van der Waals surface area contributed by atoms with Gasteiger partial charge in [-0.1, -0.05) is 43.4 Å². The zero-order chi connectivity index (χ0) is 23.6. The van der Waals surface area contributed by atoms with Crippen LogP contribution >= 0.6 is 11.3 Å². The lowest BCUT2D eigenvalue weighted by molar-refractivity contribution is -0.127. The molecule has 2 fully saturated rings. The van der Waals surface area contributed by atoms with Gasteiger partial charge < -0.3 is 5.32 Å². The van der Waals surface area contributed by atoms with Gasteiger partial charge in [-0.2, -0.15) is 4.31 Å². The molecular weight excluding hydrogens is 458 g/mol. The number of nitrogens with one attached hydrogen (secondary N) is 1. The van der Waals surface area contributed by atoms with Crippen molar-refractivity contribution in [2.75, 3.05) is 13.1 Å². The number of sulfonamides is 1. The molecule has 0 atom stereocenters. The monoisotopic (exact) mass is 493 g/mol. The molecule has 2 aromatic rings. The van der Waals surface area contributed by atoms with Crippen LogP contribution in [0, 0.1) is 5.92 Å². The molecule has 0 bridgehead atoms. The highest BCUT2D eigenvalue weighted by molar-refractivity contribution is 7.89. The van der Waals surface area contributed by atoms with Gasteiger partial charge in [0, 0.05) is 31.1 Å². The van der Waals surface area contributed by atoms with Crippen LogP contribution in [0.4, 0.5) is 0 Å². The standard InChI is InChI=1S/C24H35N3O4S2/c1-17(2)27-21-11-10-20(16-22(21)32-24(27)29)33(30,31)26-14-12-18(13-15-26)23(28)25-19-8-6-4-3-5-7-9-19/h10-11,16-19H,3-9,12-15H2,1-2H3,(H,25,28). The van der Waals surface area contributed by atoms with E-state index in [9.17, 15) is 18.0 Å². The molecule has 182 valence electrons. The van der Waals surface area contributed by atoms with Gasteiger partial charge in [0.25, 0.3) is 0 Å². The molecule has 1 aliphatic heterocycles. The van der Waals surface area contributed by atoms with Crippen LogP contribution in [0.1, 0.15) is 77.7 Å². The number of amides is 1. The number of aromatic nitrogens is 1. The van der Waals surface area contributed by atoms with Crippen LogP contribution in [0.3, 0.4) is 0 Å². The first kappa shape index (κ1) is 24.4. The number of nitrogens with zero attached hydrogens (tertiary/aromatic N) is 2. The molecule has 4 rings (SSSR count). The zero-order valence-corrected chi connectivity index (χ0v) is 21.2. The Kier molecular flexibility index (Phi) is 7.60. The molecule has 1 aliphatic carbocycles. The summed E-state index contributed by atoms with van der Waals surface area (Å²) in [5.74, 6) is -0.0477. The quantitative estimate of drug-likeness (QED) is 0.674. The van der Waals surface area contributed by atoms with Crippen molar-refractivity contribution in [2.45, 2.75) is 88.6 Å². The van der Waals surface area contributed by atoms with Gasteiger partial charge in [-0.15, -0.1) is 0 Å². The molecule has 0 radical (unpaired) electrons. The van der Waals surface area contributed by atoms with Gasteiger partial charge in [-0.05, 0) is 57.7 Å². The normalized spacial score (nSPS) is 20.1. The smallest absolute Gasteiger partial charge is 0.308 e. The Morgan fingerprint density at radius 2 is 1.67 bits per heavy atom. The lowest BCUT2D eigenvalue weighted by Crippen LogP contribution is -2.45. The minimum atomic E-state index is -3.67. The maximum Gasteiger partial charge on any atom is 0.308 e. The van der Waals surface area contributed by atoms with E-state index in [0.29, 0.717) is 30.6 Å². The minimum absolute atomic E-state index is 0.0151. The van der Waals surface area contributed by atoms with Gasteiger partial charge in [0.05, 0.1) is 15.1 Å². The van der Waals surface area contributed by atoms with E-state index in [0.717, 1.165) is 29.7 Å². The number of carbonyl (C=O) groups is 1. The third-order valence-corrected chi connectivity index (χ3v) is 9.83. The van der Waals surface area contributed by atoms with Crippen molar-refractivity contribution in [3.05, 3.63) is 27.9 Å². The molecule has 1 aromatic carbocycles. The van der Waals surface area contributed by atoms with Crippen molar-refractivity contribution in [2.24, 2.45) is 5.92 Å². The maximum absolute atomic E-state index is 13.3. The third-order valence-electron chi connectivity index (χ3n) is 7.02. The Balaban J connectivity index is 1.40. The first-order valence-electron chi connectivity index (χ1n) is 12.2. The van der Waals surface area contributed by atoms with Crippen molar-refractivity contribution in [1.82, 2.24) is 14.2 Å². The molecule has 9 heteroatoms. The second kappa shape index (κ2) is 10.3. The van der Waals surface area contributed by atoms with E-state index in [4.69, 9.17) is 0 Å². The predicted molar refractivity (Wildman–Crippen MR) is 132 cm³/mol. The number of hydrogen-bond acceptors (Lipinski definition) is 5. The largest absolute Gasteiger partial charge is 0.353 e. The summed E-state index contributed by atoms with van der Waals surface area (Å²) >= 11 is 1.08. The van der Waals surface area contributed by atoms with Crippen molar-refractivity contribution < 1.29 is 13.2 Å². The number of hydrogen-bond donors (Lipinski definition) is 1. The summed E-state index contributed by atoms with van der Waals surface area (Å²) < 4.78 is 30.4. The Bertz CT molecular complexity index is 1140. The van der Waals surface area contributed by atoms with E-state index < -0.39 is 10.0 Å². The van der Waals surface area contributed by atoms with E-state index in [-0.39, 0.29) is 33.7 Å². The first-order chi connectivity index (χ1) is 15.8. The summed E-state index contributed by atoms with van der Waals surface area (Å²) in [6.07, 6.45) is 9.29. The highest BCUT2D eigenvalue weighted by Crippen LogP contribution is 2.28. The van der Waals surface area contributed by atoms with Crippen molar-refractivity contribution in [3.63, 3.8) is 0 Å². The van der Waals surface area contributed by atoms with Gasteiger partial charge in [0.1, 0.15) is 0 Å². The molecular formula is C24H35N3O4S2. The molecule has 0 spiro atoms. The SMILES string of the molecule is CC(C)n1c(=O)sc2cc(S(=O)(=O)N3CCC(C(=O)NC4CCCCCCC4)CC3)ccc21. The summed E-state index contributed by atoms with van der Waals surface area (Å²) in [6, 6.07) is 5.21. The molecule has 0 unspecified atom stereocenters. The van der Waals surface area contributed by atoms with Crippen LogP contribution < -0.4 is 10.2 Å². The molecule has 33 heavy (non-hydrogen) atoms. The molecule has 7 nitrogen and oxygen atoms in total. The lowest BCUT2D eigenvalue weighted by atomic mass is 9.94. The van der Waals surface area contributed by atoms with Crippen LogP contribution in [0.25, 0.3) is 10.2 Å². The van der Waals surface area contributed by atoms with Crippen LogP contribution in [-0.2, 0) is 14.8 Å². The van der Waals surface area contributed by atoms with Gasteiger partial charge in [-0.25, -0.2) is 8.42 Å². The predicted octanol–water partition coefficient (Wildman–Crippen LogP) is 4.27. The fourth-order valence-electron chi connectivity index (χ4n) is 5.09. The molecule has 1 amide bonds. The fourth-order valence-corrected chi connectivity index (χ4v) is 7.72. The van der Waals surface area contributed by atoms with Gasteiger partial charge in [0.2, 0.25) is 15.9 Å². The maximum atomic E-state index is 13.3.